The number of nitrogens with one attached hydrogen (secondary N) is 1. The van der Waals surface area contributed by atoms with Gasteiger partial charge >= 0.3 is 6.18 Å². The van der Waals surface area contributed by atoms with E-state index >= 15 is 0 Å². The molecule has 1 rings (SSSR count). The van der Waals surface area contributed by atoms with Crippen LogP contribution in [0.2, 0.25) is 0 Å². The van der Waals surface area contributed by atoms with Gasteiger partial charge in [0.2, 0.25) is 0 Å². The van der Waals surface area contributed by atoms with Gasteiger partial charge in [-0.25, -0.2) is 0 Å². The number of alkyl halides is 3. The van der Waals surface area contributed by atoms with Gasteiger partial charge in [-0.15, -0.1) is 0 Å². The molecule has 0 saturated heterocycles. The number of hydrogen-bond acceptors (Lipinski definition) is 3. The summed E-state index contributed by atoms with van der Waals surface area (Å²) in [5.41, 5.74) is 3.16. The Hall–Kier alpha value is -1.76. The summed E-state index contributed by atoms with van der Waals surface area (Å²) in [6, 6.07) is 5.95. The molecule has 1 aromatic carbocycles. The van der Waals surface area contributed by atoms with Crippen LogP contribution < -0.4 is 11.3 Å². The molecule has 1 aromatic rings. The third-order valence-corrected chi connectivity index (χ3v) is 2.45. The van der Waals surface area contributed by atoms with Crippen LogP contribution in [0.4, 0.5) is 18.9 Å². The number of nitrogens with zero attached hydrogens (tertiary/aromatic N) is 1. The maximum atomic E-state index is 12.4. The van der Waals surface area contributed by atoms with Crippen molar-refractivity contribution in [2.45, 2.75) is 19.5 Å². The minimum absolute atomic E-state index is 0.0647. The molecule has 0 spiro atoms. The van der Waals surface area contributed by atoms with Gasteiger partial charge < -0.3 is 10.3 Å². The van der Waals surface area contributed by atoms with E-state index in [-0.39, 0.29) is 12.1 Å². The van der Waals surface area contributed by atoms with Gasteiger partial charge in [-0.1, -0.05) is 6.92 Å². The van der Waals surface area contributed by atoms with Crippen molar-refractivity contribution < 1.29 is 18.0 Å². The fourth-order valence-electron chi connectivity index (χ4n) is 1.63. The lowest BCUT2D eigenvalue weighted by Gasteiger charge is -2.23. The number of carbonyl (C=O) groups is 1. The molecule has 0 radical (unpaired) electrons. The Balaban J connectivity index is 2.85. The van der Waals surface area contributed by atoms with E-state index in [4.69, 9.17) is 5.84 Å². The summed E-state index contributed by atoms with van der Waals surface area (Å²) < 4.78 is 37.2. The van der Waals surface area contributed by atoms with Gasteiger partial charge in [-0.3, -0.25) is 10.6 Å². The van der Waals surface area contributed by atoms with Crippen LogP contribution in [0.15, 0.2) is 24.3 Å². The molecule has 4 nitrogen and oxygen atoms in total. The van der Waals surface area contributed by atoms with Gasteiger partial charge in [0.15, 0.2) is 0 Å². The van der Waals surface area contributed by atoms with Crippen LogP contribution in [0.1, 0.15) is 23.7 Å². The average Bonchev–Trinajstić information content (AvgIpc) is 2.36. The van der Waals surface area contributed by atoms with Crippen molar-refractivity contribution >= 4 is 11.6 Å². The van der Waals surface area contributed by atoms with E-state index < -0.39 is 18.6 Å². The van der Waals surface area contributed by atoms with Gasteiger partial charge in [0.25, 0.3) is 5.91 Å². The van der Waals surface area contributed by atoms with Crippen molar-refractivity contribution in [3.8, 4) is 0 Å². The summed E-state index contributed by atoms with van der Waals surface area (Å²) >= 11 is 0. The molecule has 0 unspecified atom stereocenters. The molecule has 0 aliphatic rings. The largest absolute Gasteiger partial charge is 0.406 e. The average molecular weight is 275 g/mol. The highest BCUT2D eigenvalue weighted by molar-refractivity contribution is 5.94. The zero-order valence-corrected chi connectivity index (χ0v) is 10.5. The third kappa shape index (κ3) is 4.78. The normalized spacial score (nSPS) is 11.2. The summed E-state index contributed by atoms with van der Waals surface area (Å²) in [6.45, 7) is 0.546. The van der Waals surface area contributed by atoms with Gasteiger partial charge in [-0.05, 0) is 30.7 Å². The van der Waals surface area contributed by atoms with Crippen LogP contribution in [0, 0.1) is 0 Å². The van der Waals surface area contributed by atoms with E-state index in [0.717, 1.165) is 4.90 Å². The second-order valence-electron chi connectivity index (χ2n) is 4.06. The fraction of sp³-hybridized carbons (Fsp3) is 0.417. The highest BCUT2D eigenvalue weighted by Gasteiger charge is 2.32. The smallest absolute Gasteiger partial charge is 0.330 e. The summed E-state index contributed by atoms with van der Waals surface area (Å²) in [5, 5.41) is 0. The molecule has 3 N–H and O–H groups in total. The highest BCUT2D eigenvalue weighted by atomic mass is 19.4. The molecule has 0 atom stereocenters. The predicted molar refractivity (Wildman–Crippen MR) is 66.5 cm³/mol. The lowest BCUT2D eigenvalue weighted by atomic mass is 10.1. The van der Waals surface area contributed by atoms with Gasteiger partial charge in [0, 0.05) is 17.8 Å². The molecule has 7 heteroatoms. The Bertz CT molecular complexity index is 417. The molecule has 19 heavy (non-hydrogen) atoms. The van der Waals surface area contributed by atoms with E-state index in [1.165, 1.54) is 24.3 Å². The van der Waals surface area contributed by atoms with Crippen LogP contribution in [0.3, 0.4) is 0 Å². The quantitative estimate of drug-likeness (QED) is 0.640. The molecule has 106 valence electrons. The number of nitrogens with two attached hydrogens (primary N) is 1. The Kier molecular flexibility index (Phi) is 5.17. The zero-order valence-electron chi connectivity index (χ0n) is 10.5. The molecular weight excluding hydrogens is 259 g/mol. The number of carbonyl (C=O) groups excluding carboxylic acids is 1. The molecule has 0 bridgehead atoms. The monoisotopic (exact) mass is 275 g/mol. The van der Waals surface area contributed by atoms with E-state index in [9.17, 15) is 18.0 Å². The second-order valence-corrected chi connectivity index (χ2v) is 4.06. The summed E-state index contributed by atoms with van der Waals surface area (Å²) in [4.78, 5) is 12.8. The molecule has 0 aliphatic heterocycles. The minimum atomic E-state index is -4.40. The van der Waals surface area contributed by atoms with Gasteiger partial charge in [0.05, 0.1) is 0 Å². The maximum absolute atomic E-state index is 12.4. The van der Waals surface area contributed by atoms with Crippen LogP contribution in [0.25, 0.3) is 0 Å². The van der Waals surface area contributed by atoms with Crippen molar-refractivity contribution in [1.29, 1.82) is 0 Å². The number of rotatable bonds is 5. The van der Waals surface area contributed by atoms with Crippen molar-refractivity contribution in [1.82, 2.24) is 4.90 Å². The van der Waals surface area contributed by atoms with Crippen molar-refractivity contribution in [2.24, 2.45) is 5.84 Å². The molecule has 0 saturated carbocycles. The molecule has 0 aromatic heterocycles. The van der Waals surface area contributed by atoms with Crippen LogP contribution >= 0.6 is 0 Å². The lowest BCUT2D eigenvalue weighted by molar-refractivity contribution is -0.140. The van der Waals surface area contributed by atoms with Gasteiger partial charge in [-0.2, -0.15) is 13.2 Å². The van der Waals surface area contributed by atoms with Crippen LogP contribution in [0.5, 0.6) is 0 Å². The Labute approximate surface area is 109 Å². The van der Waals surface area contributed by atoms with E-state index in [2.05, 4.69) is 5.43 Å². The fourth-order valence-corrected chi connectivity index (χ4v) is 1.63. The van der Waals surface area contributed by atoms with Crippen LogP contribution in [-0.4, -0.2) is 30.1 Å². The van der Waals surface area contributed by atoms with E-state index in [1.807, 2.05) is 0 Å². The number of hydrazine groups is 1. The first-order valence-electron chi connectivity index (χ1n) is 5.80. The molecule has 0 fully saturated rings. The Morgan fingerprint density at radius 1 is 1.32 bits per heavy atom. The first kappa shape index (κ1) is 15.3. The Morgan fingerprint density at radius 3 is 2.32 bits per heavy atom. The topological polar surface area (TPSA) is 58.4 Å². The first-order valence-corrected chi connectivity index (χ1v) is 5.80. The SMILES string of the molecule is CCCN(CC(F)(F)F)C(=O)c1ccc(NN)cc1. The van der Waals surface area contributed by atoms with Crippen LogP contribution in [-0.2, 0) is 0 Å². The number of hydrogen-bond donors (Lipinski definition) is 2. The Morgan fingerprint density at radius 2 is 1.89 bits per heavy atom. The van der Waals surface area contributed by atoms with Gasteiger partial charge in [0.1, 0.15) is 6.54 Å². The lowest BCUT2D eigenvalue weighted by Crippen LogP contribution is -2.39. The first-order chi connectivity index (χ1) is 8.87. The zero-order chi connectivity index (χ0) is 14.5. The molecular formula is C12H16F3N3O. The van der Waals surface area contributed by atoms with Crippen molar-refractivity contribution in [3.63, 3.8) is 0 Å². The highest BCUT2D eigenvalue weighted by Crippen LogP contribution is 2.19. The van der Waals surface area contributed by atoms with E-state index in [1.54, 1.807) is 6.92 Å². The second kappa shape index (κ2) is 6.42. The molecule has 0 aliphatic carbocycles. The third-order valence-electron chi connectivity index (χ3n) is 2.45. The number of nitrogen functional groups attached to an aromatic ring is 1. The maximum Gasteiger partial charge on any atom is 0.406 e. The van der Waals surface area contributed by atoms with Crippen molar-refractivity contribution in [2.75, 3.05) is 18.5 Å². The molecule has 0 heterocycles. The number of anilines is 1. The minimum Gasteiger partial charge on any atom is -0.330 e. The number of halogens is 3. The number of benzene rings is 1. The summed E-state index contributed by atoms with van der Waals surface area (Å²) in [5.74, 6) is 4.54. The summed E-state index contributed by atoms with van der Waals surface area (Å²) in [6.07, 6.45) is -3.94. The number of amides is 1. The van der Waals surface area contributed by atoms with E-state index in [0.29, 0.717) is 12.1 Å². The molecule has 1 amide bonds. The summed E-state index contributed by atoms with van der Waals surface area (Å²) in [7, 11) is 0. The predicted octanol–water partition coefficient (Wildman–Crippen LogP) is 2.39. The van der Waals surface area contributed by atoms with Crippen molar-refractivity contribution in [3.05, 3.63) is 29.8 Å². The standard InChI is InChI=1S/C12H16F3N3O/c1-2-7-18(8-12(13,14)15)11(19)9-3-5-10(17-16)6-4-9/h3-6,17H,2,7-8,16H2,1H3.